The molecule has 0 spiro atoms. The number of rotatable bonds is 8. The van der Waals surface area contributed by atoms with Crippen molar-refractivity contribution in [3.05, 3.63) is 29.8 Å². The van der Waals surface area contributed by atoms with E-state index >= 15 is 0 Å². The minimum Gasteiger partial charge on any atom is -0.484 e. The van der Waals surface area contributed by atoms with Crippen molar-refractivity contribution in [2.45, 2.75) is 12.6 Å². The molecule has 0 aliphatic rings. The Balaban J connectivity index is 2.50. The fraction of sp³-hybridized carbons (Fsp3) is 0.467. The van der Waals surface area contributed by atoms with E-state index in [2.05, 4.69) is 5.32 Å². The van der Waals surface area contributed by atoms with E-state index in [1.54, 1.807) is 32.3 Å². The summed E-state index contributed by atoms with van der Waals surface area (Å²) in [5.74, 6) is 0.170. The van der Waals surface area contributed by atoms with Crippen LogP contribution in [0.4, 0.5) is 0 Å². The molecule has 3 N–H and O–H groups in total. The third-order valence-corrected chi connectivity index (χ3v) is 2.91. The van der Waals surface area contributed by atoms with Gasteiger partial charge in [-0.3, -0.25) is 9.59 Å². The number of carbonyl (C=O) groups is 2. The van der Waals surface area contributed by atoms with E-state index in [0.29, 0.717) is 12.3 Å². The molecule has 0 radical (unpaired) electrons. The van der Waals surface area contributed by atoms with Gasteiger partial charge < -0.3 is 25.4 Å². The maximum Gasteiger partial charge on any atom is 0.259 e. The highest BCUT2D eigenvalue weighted by atomic mass is 16.5. The van der Waals surface area contributed by atoms with Crippen LogP contribution in [0.5, 0.6) is 5.75 Å². The summed E-state index contributed by atoms with van der Waals surface area (Å²) < 4.78 is 10.2. The molecule has 0 aliphatic carbocycles. The summed E-state index contributed by atoms with van der Waals surface area (Å²) in [6.45, 7) is 0.470. The smallest absolute Gasteiger partial charge is 0.259 e. The first-order valence-corrected chi connectivity index (χ1v) is 6.88. The van der Waals surface area contributed by atoms with Crippen LogP contribution in [0.15, 0.2) is 24.3 Å². The maximum atomic E-state index is 11.7. The van der Waals surface area contributed by atoms with E-state index in [1.807, 2.05) is 6.07 Å². The number of nitrogens with two attached hydrogens (primary N) is 1. The highest BCUT2D eigenvalue weighted by molar-refractivity contribution is 5.81. The number of likely N-dealkylation sites (N-methyl/N-ethyl adjacent to an activating group) is 1. The number of carbonyl (C=O) groups excluding carboxylic acids is 2. The van der Waals surface area contributed by atoms with Crippen LogP contribution >= 0.6 is 0 Å². The van der Waals surface area contributed by atoms with Crippen LogP contribution in [0, 0.1) is 0 Å². The van der Waals surface area contributed by atoms with Crippen LogP contribution in [0.3, 0.4) is 0 Å². The molecule has 0 aromatic heterocycles. The van der Waals surface area contributed by atoms with Gasteiger partial charge >= 0.3 is 0 Å². The van der Waals surface area contributed by atoms with E-state index in [0.717, 1.165) is 5.56 Å². The lowest BCUT2D eigenvalue weighted by Crippen LogP contribution is -2.43. The predicted octanol–water partition coefficient (Wildman–Crippen LogP) is -0.256. The second-order valence-electron chi connectivity index (χ2n) is 5.00. The Morgan fingerprint density at radius 3 is 2.73 bits per heavy atom. The quantitative estimate of drug-likeness (QED) is 0.690. The van der Waals surface area contributed by atoms with Crippen molar-refractivity contribution in [3.8, 4) is 5.75 Å². The van der Waals surface area contributed by atoms with Gasteiger partial charge in [0.25, 0.3) is 5.91 Å². The Kier molecular flexibility index (Phi) is 7.34. The molecule has 1 atom stereocenters. The Bertz CT molecular complexity index is 505. The van der Waals surface area contributed by atoms with Gasteiger partial charge in [0.05, 0.1) is 6.61 Å². The summed E-state index contributed by atoms with van der Waals surface area (Å²) in [5, 5.41) is 2.72. The number of ether oxygens (including phenoxy) is 2. The molecule has 0 aliphatic heterocycles. The van der Waals surface area contributed by atoms with Gasteiger partial charge in [0.1, 0.15) is 11.8 Å². The molecule has 1 unspecified atom stereocenters. The lowest BCUT2D eigenvalue weighted by molar-refractivity contribution is -0.130. The summed E-state index contributed by atoms with van der Waals surface area (Å²) in [6.07, 6.45) is 0. The molecule has 0 heterocycles. The summed E-state index contributed by atoms with van der Waals surface area (Å²) in [6, 6.07) is 6.48. The Labute approximate surface area is 130 Å². The zero-order valence-corrected chi connectivity index (χ0v) is 13.2. The van der Waals surface area contributed by atoms with Crippen LogP contribution in [-0.2, 0) is 20.9 Å². The van der Waals surface area contributed by atoms with Crippen LogP contribution in [0.25, 0.3) is 0 Å². The minimum absolute atomic E-state index is 0.0263. The van der Waals surface area contributed by atoms with Crippen molar-refractivity contribution in [3.63, 3.8) is 0 Å². The topological polar surface area (TPSA) is 93.9 Å². The van der Waals surface area contributed by atoms with Gasteiger partial charge in [-0.2, -0.15) is 0 Å². The molecule has 0 saturated carbocycles. The van der Waals surface area contributed by atoms with E-state index in [-0.39, 0.29) is 25.0 Å². The van der Waals surface area contributed by atoms with E-state index < -0.39 is 6.04 Å². The molecule has 1 aromatic rings. The molecule has 0 bridgehead atoms. The molecule has 22 heavy (non-hydrogen) atoms. The van der Waals surface area contributed by atoms with Crippen molar-refractivity contribution in [1.82, 2.24) is 10.2 Å². The van der Waals surface area contributed by atoms with Gasteiger partial charge in [0.15, 0.2) is 6.61 Å². The highest BCUT2D eigenvalue weighted by Gasteiger charge is 2.12. The summed E-state index contributed by atoms with van der Waals surface area (Å²) in [7, 11) is 4.82. The molecule has 1 aromatic carbocycles. The average Bonchev–Trinajstić information content (AvgIpc) is 2.50. The van der Waals surface area contributed by atoms with E-state index in [9.17, 15) is 9.59 Å². The molecule has 1 rings (SSSR count). The van der Waals surface area contributed by atoms with Gasteiger partial charge in [0.2, 0.25) is 5.91 Å². The van der Waals surface area contributed by atoms with Crippen molar-refractivity contribution in [1.29, 1.82) is 0 Å². The number of amides is 2. The Hall–Kier alpha value is -2.12. The Morgan fingerprint density at radius 1 is 1.36 bits per heavy atom. The van der Waals surface area contributed by atoms with Crippen LogP contribution in [0.2, 0.25) is 0 Å². The fourth-order valence-electron chi connectivity index (χ4n) is 1.59. The van der Waals surface area contributed by atoms with E-state index in [4.69, 9.17) is 15.2 Å². The molecule has 7 nitrogen and oxygen atoms in total. The normalized spacial score (nSPS) is 11.6. The van der Waals surface area contributed by atoms with Crippen molar-refractivity contribution in [2.24, 2.45) is 5.73 Å². The monoisotopic (exact) mass is 309 g/mol. The lowest BCUT2D eigenvalue weighted by Gasteiger charge is -2.13. The predicted molar refractivity (Wildman–Crippen MR) is 82.3 cm³/mol. The van der Waals surface area contributed by atoms with E-state index in [1.165, 1.54) is 12.0 Å². The van der Waals surface area contributed by atoms with Crippen LogP contribution in [0.1, 0.15) is 5.56 Å². The second-order valence-corrected chi connectivity index (χ2v) is 5.00. The largest absolute Gasteiger partial charge is 0.484 e. The lowest BCUT2D eigenvalue weighted by atomic mass is 10.2. The molecular formula is C15H23N3O4. The highest BCUT2D eigenvalue weighted by Crippen LogP contribution is 2.13. The average molecular weight is 309 g/mol. The summed E-state index contributed by atoms with van der Waals surface area (Å²) >= 11 is 0. The van der Waals surface area contributed by atoms with Gasteiger partial charge in [-0.25, -0.2) is 0 Å². The van der Waals surface area contributed by atoms with Crippen molar-refractivity contribution < 1.29 is 19.1 Å². The summed E-state index contributed by atoms with van der Waals surface area (Å²) in [5.41, 5.74) is 6.48. The molecule has 0 saturated heterocycles. The minimum atomic E-state index is -0.692. The molecular weight excluding hydrogens is 286 g/mol. The van der Waals surface area contributed by atoms with Gasteiger partial charge in [-0.1, -0.05) is 12.1 Å². The number of nitrogens with one attached hydrogen (secondary N) is 1. The third kappa shape index (κ3) is 6.11. The van der Waals surface area contributed by atoms with Crippen LogP contribution in [-0.4, -0.2) is 57.2 Å². The van der Waals surface area contributed by atoms with Crippen molar-refractivity contribution in [2.75, 3.05) is 34.4 Å². The van der Waals surface area contributed by atoms with Crippen LogP contribution < -0.4 is 15.8 Å². The maximum absolute atomic E-state index is 11.7. The van der Waals surface area contributed by atoms with Gasteiger partial charge in [-0.05, 0) is 17.7 Å². The zero-order valence-electron chi connectivity index (χ0n) is 13.2. The van der Waals surface area contributed by atoms with Gasteiger partial charge in [0, 0.05) is 27.7 Å². The van der Waals surface area contributed by atoms with Gasteiger partial charge in [-0.15, -0.1) is 0 Å². The number of nitrogens with zero attached hydrogens (tertiary/aromatic N) is 1. The standard InChI is InChI=1S/C15H23N3O4/c1-18(2)14(19)10-22-12-6-4-5-11(7-12)8-17-15(20)13(16)9-21-3/h4-7,13H,8-10,16H2,1-3H3,(H,17,20). The fourth-order valence-corrected chi connectivity index (χ4v) is 1.59. The number of hydrogen-bond donors (Lipinski definition) is 2. The first-order valence-electron chi connectivity index (χ1n) is 6.88. The molecule has 7 heteroatoms. The first kappa shape index (κ1) is 17.9. The number of methoxy groups -OCH3 is 1. The summed E-state index contributed by atoms with van der Waals surface area (Å²) in [4.78, 5) is 24.6. The number of benzene rings is 1. The number of hydrogen-bond acceptors (Lipinski definition) is 5. The molecule has 2 amide bonds. The zero-order chi connectivity index (χ0) is 16.5. The second kappa shape index (κ2) is 9.01. The van der Waals surface area contributed by atoms with Crippen molar-refractivity contribution >= 4 is 11.8 Å². The molecule has 122 valence electrons. The Morgan fingerprint density at radius 2 is 2.09 bits per heavy atom. The third-order valence-electron chi connectivity index (χ3n) is 2.91. The molecule has 0 fully saturated rings. The SMILES string of the molecule is COCC(N)C(=O)NCc1cccc(OCC(=O)N(C)C)c1. The first-order chi connectivity index (χ1) is 10.4.